The first kappa shape index (κ1) is 23.3. The molecule has 0 bridgehead atoms. The molecule has 162 valence electrons. The third kappa shape index (κ3) is 6.09. The quantitative estimate of drug-likeness (QED) is 0.437. The van der Waals surface area contributed by atoms with Gasteiger partial charge in [0.25, 0.3) is 5.91 Å². The van der Waals surface area contributed by atoms with Gasteiger partial charge < -0.3 is 15.2 Å². The van der Waals surface area contributed by atoms with Crippen LogP contribution in [0.15, 0.2) is 52.1 Å². The SMILES string of the molecule is Cc1cc(NC(=O)CSc2nnc([C@@H](C)NC(=O)c3ccc(Cl)cc3)n2C)ccc1Br. The standard InChI is InChI=1S/C21H21BrClN5O2S/c1-12-10-16(8-9-17(12)22)25-18(29)11-31-21-27-26-19(28(21)3)13(2)24-20(30)14-4-6-15(23)7-5-14/h4-10,13H,11H2,1-3H3,(H,24,30)(H,25,29)/t13-/m1/s1. The molecule has 0 aliphatic heterocycles. The van der Waals surface area contributed by atoms with Crippen molar-refractivity contribution in [3.63, 3.8) is 0 Å². The van der Waals surface area contributed by atoms with Crippen LogP contribution in [0.2, 0.25) is 5.02 Å². The van der Waals surface area contributed by atoms with Gasteiger partial charge in [-0.3, -0.25) is 9.59 Å². The maximum Gasteiger partial charge on any atom is 0.251 e. The molecule has 0 fully saturated rings. The number of carbonyl (C=O) groups is 2. The molecule has 31 heavy (non-hydrogen) atoms. The summed E-state index contributed by atoms with van der Waals surface area (Å²) in [5.74, 6) is 0.409. The van der Waals surface area contributed by atoms with E-state index in [0.717, 1.165) is 15.7 Å². The lowest BCUT2D eigenvalue weighted by atomic mass is 10.2. The van der Waals surface area contributed by atoms with Gasteiger partial charge in [-0.25, -0.2) is 0 Å². The zero-order chi connectivity index (χ0) is 22.5. The van der Waals surface area contributed by atoms with Crippen LogP contribution < -0.4 is 10.6 Å². The lowest BCUT2D eigenvalue weighted by Gasteiger charge is -2.13. The van der Waals surface area contributed by atoms with E-state index in [1.807, 2.05) is 32.0 Å². The van der Waals surface area contributed by atoms with Gasteiger partial charge in [0.2, 0.25) is 5.91 Å². The number of aryl methyl sites for hydroxylation is 1. The van der Waals surface area contributed by atoms with Crippen LogP contribution in [0.5, 0.6) is 0 Å². The number of thioether (sulfide) groups is 1. The van der Waals surface area contributed by atoms with Crippen molar-refractivity contribution in [3.8, 4) is 0 Å². The molecule has 0 radical (unpaired) electrons. The van der Waals surface area contributed by atoms with Gasteiger partial charge in [-0.1, -0.05) is 39.3 Å². The molecular weight excluding hydrogens is 502 g/mol. The highest BCUT2D eigenvalue weighted by Gasteiger charge is 2.19. The molecule has 7 nitrogen and oxygen atoms in total. The Morgan fingerprint density at radius 2 is 1.90 bits per heavy atom. The summed E-state index contributed by atoms with van der Waals surface area (Å²) in [5, 5.41) is 15.3. The first-order valence-corrected chi connectivity index (χ1v) is 11.5. The predicted molar refractivity (Wildman–Crippen MR) is 127 cm³/mol. The summed E-state index contributed by atoms with van der Waals surface area (Å²) in [5.41, 5.74) is 2.29. The predicted octanol–water partition coefficient (Wildman–Crippen LogP) is 4.76. The molecule has 0 spiro atoms. The molecule has 0 aliphatic carbocycles. The molecule has 1 heterocycles. The molecule has 2 amide bonds. The molecule has 3 rings (SSSR count). The number of benzene rings is 2. The topological polar surface area (TPSA) is 88.9 Å². The lowest BCUT2D eigenvalue weighted by Crippen LogP contribution is -2.28. The van der Waals surface area contributed by atoms with Gasteiger partial charge in [-0.2, -0.15) is 0 Å². The summed E-state index contributed by atoms with van der Waals surface area (Å²) in [7, 11) is 1.80. The number of halogens is 2. The van der Waals surface area contributed by atoms with Crippen molar-refractivity contribution in [1.82, 2.24) is 20.1 Å². The Bertz CT molecular complexity index is 1100. The number of hydrogen-bond donors (Lipinski definition) is 2. The molecule has 10 heteroatoms. The van der Waals surface area contributed by atoms with Gasteiger partial charge in [0.1, 0.15) is 0 Å². The molecule has 3 aromatic rings. The normalized spacial score (nSPS) is 11.8. The van der Waals surface area contributed by atoms with Crippen LogP contribution in [0.1, 0.15) is 34.7 Å². The van der Waals surface area contributed by atoms with Crippen molar-refractivity contribution in [1.29, 1.82) is 0 Å². The number of nitrogens with zero attached hydrogens (tertiary/aromatic N) is 3. The minimum atomic E-state index is -0.366. The van der Waals surface area contributed by atoms with Crippen LogP contribution in [-0.4, -0.2) is 32.3 Å². The van der Waals surface area contributed by atoms with Crippen molar-refractivity contribution in [2.45, 2.75) is 25.0 Å². The lowest BCUT2D eigenvalue weighted by molar-refractivity contribution is -0.113. The Labute approximate surface area is 198 Å². The van der Waals surface area contributed by atoms with E-state index in [-0.39, 0.29) is 23.6 Å². The first-order valence-electron chi connectivity index (χ1n) is 9.39. The molecule has 2 aromatic carbocycles. The number of rotatable bonds is 7. The van der Waals surface area contributed by atoms with E-state index in [1.54, 1.807) is 35.9 Å². The van der Waals surface area contributed by atoms with E-state index in [9.17, 15) is 9.59 Å². The molecule has 0 saturated heterocycles. The second-order valence-electron chi connectivity index (χ2n) is 6.90. The maximum absolute atomic E-state index is 12.4. The van der Waals surface area contributed by atoms with Gasteiger partial charge in [-0.15, -0.1) is 10.2 Å². The summed E-state index contributed by atoms with van der Waals surface area (Å²) in [6, 6.07) is 11.9. The molecule has 1 atom stereocenters. The average molecular weight is 523 g/mol. The molecule has 0 saturated carbocycles. The van der Waals surface area contributed by atoms with Crippen LogP contribution in [-0.2, 0) is 11.8 Å². The maximum atomic E-state index is 12.4. The van der Waals surface area contributed by atoms with Gasteiger partial charge >= 0.3 is 0 Å². The van der Waals surface area contributed by atoms with Crippen LogP contribution >= 0.6 is 39.3 Å². The van der Waals surface area contributed by atoms with Crippen LogP contribution in [0.25, 0.3) is 0 Å². The Morgan fingerprint density at radius 3 is 2.58 bits per heavy atom. The van der Waals surface area contributed by atoms with E-state index < -0.39 is 0 Å². The Morgan fingerprint density at radius 1 is 1.19 bits per heavy atom. The summed E-state index contributed by atoms with van der Waals surface area (Å²) in [6.45, 7) is 3.79. The molecule has 2 N–H and O–H groups in total. The third-order valence-electron chi connectivity index (χ3n) is 4.48. The summed E-state index contributed by atoms with van der Waals surface area (Å²) in [4.78, 5) is 24.7. The van der Waals surface area contributed by atoms with Gasteiger partial charge in [-0.05, 0) is 61.9 Å². The Balaban J connectivity index is 1.57. The number of nitrogens with one attached hydrogen (secondary N) is 2. The van der Waals surface area contributed by atoms with Gasteiger partial charge in [0.05, 0.1) is 11.8 Å². The van der Waals surface area contributed by atoms with Crippen molar-refractivity contribution >= 4 is 56.8 Å². The summed E-state index contributed by atoms with van der Waals surface area (Å²) >= 11 is 10.6. The molecule has 0 aliphatic rings. The second-order valence-corrected chi connectivity index (χ2v) is 9.14. The van der Waals surface area contributed by atoms with E-state index in [4.69, 9.17) is 11.6 Å². The highest BCUT2D eigenvalue weighted by molar-refractivity contribution is 9.10. The fourth-order valence-corrected chi connectivity index (χ4v) is 3.92. The number of aromatic nitrogens is 3. The second kappa shape index (κ2) is 10.3. The molecule has 0 unspecified atom stereocenters. The van der Waals surface area contributed by atoms with Crippen LogP contribution in [0.3, 0.4) is 0 Å². The zero-order valence-electron chi connectivity index (χ0n) is 17.1. The molecule has 1 aromatic heterocycles. The molecular formula is C21H21BrClN5O2S. The average Bonchev–Trinajstić information content (AvgIpc) is 3.10. The van der Waals surface area contributed by atoms with E-state index in [1.165, 1.54) is 11.8 Å². The number of anilines is 1. The van der Waals surface area contributed by atoms with E-state index in [0.29, 0.717) is 21.6 Å². The fraction of sp³-hybridized carbons (Fsp3) is 0.238. The summed E-state index contributed by atoms with van der Waals surface area (Å²) in [6.07, 6.45) is 0. The zero-order valence-corrected chi connectivity index (χ0v) is 20.3. The largest absolute Gasteiger partial charge is 0.342 e. The van der Waals surface area contributed by atoms with Crippen molar-refractivity contribution in [2.24, 2.45) is 7.05 Å². The van der Waals surface area contributed by atoms with Gasteiger partial charge in [0, 0.05) is 27.8 Å². The third-order valence-corrected chi connectivity index (χ3v) is 6.65. The van der Waals surface area contributed by atoms with E-state index in [2.05, 4.69) is 36.8 Å². The van der Waals surface area contributed by atoms with Crippen LogP contribution in [0, 0.1) is 6.92 Å². The minimum Gasteiger partial charge on any atom is -0.342 e. The van der Waals surface area contributed by atoms with Crippen molar-refractivity contribution in [2.75, 3.05) is 11.1 Å². The van der Waals surface area contributed by atoms with Gasteiger partial charge in [0.15, 0.2) is 11.0 Å². The monoisotopic (exact) mass is 521 g/mol. The van der Waals surface area contributed by atoms with Crippen molar-refractivity contribution in [3.05, 3.63) is 68.9 Å². The van der Waals surface area contributed by atoms with Crippen LogP contribution in [0.4, 0.5) is 5.69 Å². The number of hydrogen-bond acceptors (Lipinski definition) is 5. The highest BCUT2D eigenvalue weighted by Crippen LogP contribution is 2.22. The Kier molecular flexibility index (Phi) is 7.74. The Hall–Kier alpha value is -2.36. The number of carbonyl (C=O) groups excluding carboxylic acids is 2. The first-order chi connectivity index (χ1) is 14.7. The number of amides is 2. The highest BCUT2D eigenvalue weighted by atomic mass is 79.9. The van der Waals surface area contributed by atoms with Crippen molar-refractivity contribution < 1.29 is 9.59 Å². The minimum absolute atomic E-state index is 0.139. The smallest absolute Gasteiger partial charge is 0.251 e. The van der Waals surface area contributed by atoms with E-state index >= 15 is 0 Å². The summed E-state index contributed by atoms with van der Waals surface area (Å²) < 4.78 is 2.76. The fourth-order valence-electron chi connectivity index (χ4n) is 2.82.